The predicted molar refractivity (Wildman–Crippen MR) is 108 cm³/mol. The minimum absolute atomic E-state index is 0.0454. The standard InChI is InChI=1S/C19H20ClN3O5S/c1-23(29(24,25)12-13-4-7-15(20)8-5-13)11-18-21-19(22-28-18)14-6-9-16(26-2)17(10-14)27-3/h4-10H,11-12H2,1-3H3. The maximum atomic E-state index is 12.6. The summed E-state index contributed by atoms with van der Waals surface area (Å²) in [5, 5.41) is 4.48. The van der Waals surface area contributed by atoms with Gasteiger partial charge in [0.15, 0.2) is 11.5 Å². The summed E-state index contributed by atoms with van der Waals surface area (Å²) in [7, 11) is 0.968. The lowest BCUT2D eigenvalue weighted by molar-refractivity contribution is 0.336. The molecule has 0 atom stereocenters. The summed E-state index contributed by atoms with van der Waals surface area (Å²) in [6.07, 6.45) is 0. The number of hydrogen-bond donors (Lipinski definition) is 0. The summed E-state index contributed by atoms with van der Waals surface area (Å²) in [5.74, 6) is 1.45. The molecule has 29 heavy (non-hydrogen) atoms. The molecule has 0 aliphatic carbocycles. The van der Waals surface area contributed by atoms with E-state index in [1.807, 2.05) is 0 Å². The maximum absolute atomic E-state index is 12.6. The van der Waals surface area contributed by atoms with Gasteiger partial charge in [0.2, 0.25) is 21.7 Å². The number of hydrogen-bond acceptors (Lipinski definition) is 7. The molecule has 0 spiro atoms. The number of ether oxygens (including phenoxy) is 2. The first kappa shape index (κ1) is 21.1. The molecule has 1 heterocycles. The summed E-state index contributed by atoms with van der Waals surface area (Å²) >= 11 is 5.84. The van der Waals surface area contributed by atoms with Gasteiger partial charge >= 0.3 is 0 Å². The van der Waals surface area contributed by atoms with Gasteiger partial charge < -0.3 is 14.0 Å². The summed E-state index contributed by atoms with van der Waals surface area (Å²) in [6, 6.07) is 11.9. The summed E-state index contributed by atoms with van der Waals surface area (Å²) < 4.78 is 42.1. The Kier molecular flexibility index (Phi) is 6.41. The average Bonchev–Trinajstić information content (AvgIpc) is 3.17. The van der Waals surface area contributed by atoms with E-state index in [4.69, 9.17) is 25.6 Å². The normalized spacial score (nSPS) is 11.6. The molecule has 0 fully saturated rings. The highest BCUT2D eigenvalue weighted by Crippen LogP contribution is 2.31. The van der Waals surface area contributed by atoms with Crippen molar-refractivity contribution in [3.8, 4) is 22.9 Å². The highest BCUT2D eigenvalue weighted by atomic mass is 35.5. The fourth-order valence-electron chi connectivity index (χ4n) is 2.60. The van der Waals surface area contributed by atoms with E-state index in [0.29, 0.717) is 33.5 Å². The molecule has 2 aromatic carbocycles. The molecule has 0 amide bonds. The topological polar surface area (TPSA) is 94.8 Å². The molecular weight excluding hydrogens is 418 g/mol. The lowest BCUT2D eigenvalue weighted by Crippen LogP contribution is -2.27. The molecule has 0 aliphatic heterocycles. The number of nitrogens with zero attached hydrogens (tertiary/aromatic N) is 3. The monoisotopic (exact) mass is 437 g/mol. The molecule has 0 bridgehead atoms. The van der Waals surface area contributed by atoms with Gasteiger partial charge in [-0.1, -0.05) is 28.9 Å². The minimum atomic E-state index is -3.57. The van der Waals surface area contributed by atoms with Crippen molar-refractivity contribution in [3.63, 3.8) is 0 Å². The van der Waals surface area contributed by atoms with Crippen molar-refractivity contribution in [2.24, 2.45) is 0 Å². The highest BCUT2D eigenvalue weighted by molar-refractivity contribution is 7.88. The van der Waals surface area contributed by atoms with E-state index in [-0.39, 0.29) is 18.2 Å². The van der Waals surface area contributed by atoms with E-state index in [9.17, 15) is 8.42 Å². The van der Waals surface area contributed by atoms with Crippen LogP contribution >= 0.6 is 11.6 Å². The molecule has 3 aromatic rings. The molecule has 0 N–H and O–H groups in total. The van der Waals surface area contributed by atoms with Gasteiger partial charge in [0.05, 0.1) is 26.5 Å². The van der Waals surface area contributed by atoms with Crippen molar-refractivity contribution >= 4 is 21.6 Å². The van der Waals surface area contributed by atoms with Gasteiger partial charge in [-0.2, -0.15) is 9.29 Å². The van der Waals surface area contributed by atoms with Gasteiger partial charge in [0.1, 0.15) is 0 Å². The highest BCUT2D eigenvalue weighted by Gasteiger charge is 2.22. The Bertz CT molecular complexity index is 1080. The Hall–Kier alpha value is -2.62. The third-order valence-electron chi connectivity index (χ3n) is 4.20. The molecule has 3 rings (SSSR count). The van der Waals surface area contributed by atoms with Crippen LogP contribution in [0, 0.1) is 0 Å². The molecule has 154 valence electrons. The van der Waals surface area contributed by atoms with Crippen LogP contribution in [-0.4, -0.2) is 44.1 Å². The van der Waals surface area contributed by atoms with Crippen LogP contribution in [0.15, 0.2) is 47.0 Å². The Labute approximate surface area is 174 Å². The Morgan fingerprint density at radius 2 is 1.76 bits per heavy atom. The number of sulfonamides is 1. The number of halogens is 1. The summed E-state index contributed by atoms with van der Waals surface area (Å²) in [4.78, 5) is 4.29. The van der Waals surface area contributed by atoms with Gasteiger partial charge in [0.25, 0.3) is 0 Å². The fourth-order valence-corrected chi connectivity index (χ4v) is 3.87. The number of rotatable bonds is 8. The number of methoxy groups -OCH3 is 2. The molecule has 0 radical (unpaired) electrons. The first-order valence-electron chi connectivity index (χ1n) is 8.56. The van der Waals surface area contributed by atoms with Crippen molar-refractivity contribution in [3.05, 3.63) is 58.9 Å². The van der Waals surface area contributed by atoms with Crippen molar-refractivity contribution in [2.75, 3.05) is 21.3 Å². The first-order valence-corrected chi connectivity index (χ1v) is 10.5. The second-order valence-corrected chi connectivity index (χ2v) is 8.73. The first-order chi connectivity index (χ1) is 13.8. The Morgan fingerprint density at radius 1 is 1.07 bits per heavy atom. The van der Waals surface area contributed by atoms with Crippen LogP contribution in [0.5, 0.6) is 11.5 Å². The molecule has 0 saturated heterocycles. The van der Waals surface area contributed by atoms with Gasteiger partial charge in [-0.3, -0.25) is 0 Å². The van der Waals surface area contributed by atoms with E-state index in [1.165, 1.54) is 18.5 Å². The molecule has 0 aliphatic rings. The summed E-state index contributed by atoms with van der Waals surface area (Å²) in [5.41, 5.74) is 1.29. The van der Waals surface area contributed by atoms with Crippen LogP contribution < -0.4 is 9.47 Å². The lowest BCUT2D eigenvalue weighted by atomic mass is 10.2. The van der Waals surface area contributed by atoms with E-state index in [2.05, 4.69) is 10.1 Å². The Balaban J connectivity index is 1.73. The smallest absolute Gasteiger partial charge is 0.242 e. The summed E-state index contributed by atoms with van der Waals surface area (Å²) in [6.45, 7) is -0.0454. The number of aromatic nitrogens is 2. The minimum Gasteiger partial charge on any atom is -0.493 e. The van der Waals surface area contributed by atoms with Gasteiger partial charge in [-0.05, 0) is 35.9 Å². The van der Waals surface area contributed by atoms with Crippen LogP contribution in [-0.2, 0) is 22.3 Å². The third kappa shape index (κ3) is 5.06. The Morgan fingerprint density at radius 3 is 2.41 bits per heavy atom. The molecular formula is C19H20ClN3O5S. The largest absolute Gasteiger partial charge is 0.493 e. The van der Waals surface area contributed by atoms with E-state index < -0.39 is 10.0 Å². The lowest BCUT2D eigenvalue weighted by Gasteiger charge is -2.15. The van der Waals surface area contributed by atoms with Crippen molar-refractivity contribution < 1.29 is 22.4 Å². The van der Waals surface area contributed by atoms with Crippen molar-refractivity contribution in [2.45, 2.75) is 12.3 Å². The van der Waals surface area contributed by atoms with Crippen LogP contribution in [0.4, 0.5) is 0 Å². The van der Waals surface area contributed by atoms with Crippen LogP contribution in [0.2, 0.25) is 5.02 Å². The SMILES string of the molecule is COc1ccc(-c2noc(CN(C)S(=O)(=O)Cc3ccc(Cl)cc3)n2)cc1OC. The van der Waals surface area contributed by atoms with Gasteiger partial charge in [-0.25, -0.2) is 8.42 Å². The second kappa shape index (κ2) is 8.81. The fraction of sp³-hybridized carbons (Fsp3) is 0.263. The second-order valence-electron chi connectivity index (χ2n) is 6.22. The zero-order valence-corrected chi connectivity index (χ0v) is 17.7. The van der Waals surface area contributed by atoms with Crippen molar-refractivity contribution in [1.82, 2.24) is 14.4 Å². The molecule has 0 saturated carbocycles. The quantitative estimate of drug-likeness (QED) is 0.533. The molecule has 8 nitrogen and oxygen atoms in total. The van der Waals surface area contributed by atoms with Crippen LogP contribution in [0.3, 0.4) is 0 Å². The van der Waals surface area contributed by atoms with E-state index >= 15 is 0 Å². The predicted octanol–water partition coefficient (Wildman–Crippen LogP) is 3.37. The van der Waals surface area contributed by atoms with Gasteiger partial charge in [0, 0.05) is 17.6 Å². The average molecular weight is 438 g/mol. The molecule has 0 unspecified atom stereocenters. The van der Waals surface area contributed by atoms with Gasteiger partial charge in [-0.15, -0.1) is 0 Å². The van der Waals surface area contributed by atoms with Crippen LogP contribution in [0.25, 0.3) is 11.4 Å². The van der Waals surface area contributed by atoms with Crippen molar-refractivity contribution in [1.29, 1.82) is 0 Å². The zero-order valence-electron chi connectivity index (χ0n) is 16.1. The number of benzene rings is 2. The molecule has 1 aromatic heterocycles. The maximum Gasteiger partial charge on any atom is 0.242 e. The van der Waals surface area contributed by atoms with Crippen LogP contribution in [0.1, 0.15) is 11.5 Å². The zero-order chi connectivity index (χ0) is 21.0. The molecule has 10 heteroatoms. The van der Waals surface area contributed by atoms with E-state index in [0.717, 1.165) is 0 Å². The third-order valence-corrected chi connectivity index (χ3v) is 6.23. The van der Waals surface area contributed by atoms with E-state index in [1.54, 1.807) is 49.6 Å².